The molecule has 2 N–H and O–H groups in total. The fraction of sp³-hybridized carbons (Fsp3) is 0.438. The van der Waals surface area contributed by atoms with Gasteiger partial charge in [-0.2, -0.15) is 0 Å². The van der Waals surface area contributed by atoms with Gasteiger partial charge in [-0.1, -0.05) is 6.92 Å². The van der Waals surface area contributed by atoms with Gasteiger partial charge in [-0.25, -0.2) is 4.98 Å². The van der Waals surface area contributed by atoms with Gasteiger partial charge in [0, 0.05) is 30.7 Å². The molecule has 0 saturated carbocycles. The number of fused-ring (bicyclic) bond motifs is 2. The molecule has 2 aromatic rings. The molecule has 1 saturated heterocycles. The van der Waals surface area contributed by atoms with Crippen LogP contribution in [0, 0.1) is 5.92 Å². The molecule has 2 aliphatic heterocycles. The molecule has 3 heterocycles. The summed E-state index contributed by atoms with van der Waals surface area (Å²) in [7, 11) is 0. The van der Waals surface area contributed by atoms with Crippen LogP contribution < -0.4 is 20.1 Å². The molecule has 4 rings (SSSR count). The maximum atomic E-state index is 6.17. The number of nitrogens with two attached hydrogens (primary N) is 1. The van der Waals surface area contributed by atoms with Crippen molar-refractivity contribution < 1.29 is 9.47 Å². The Balaban J connectivity index is 1.81. The maximum absolute atomic E-state index is 6.17. The van der Waals surface area contributed by atoms with Crippen molar-refractivity contribution in [2.75, 3.05) is 24.8 Å². The second-order valence-corrected chi connectivity index (χ2v) is 6.07. The van der Waals surface area contributed by atoms with E-state index in [1.807, 2.05) is 24.4 Å². The Hall–Kier alpha value is -2.01. The highest BCUT2D eigenvalue weighted by Gasteiger charge is 2.25. The Morgan fingerprint density at radius 1 is 1.24 bits per heavy atom. The number of nitrogens with zero attached hydrogens (tertiary/aromatic N) is 2. The Kier molecular flexibility index (Phi) is 2.89. The van der Waals surface area contributed by atoms with E-state index in [1.54, 1.807) is 0 Å². The molecule has 1 fully saturated rings. The van der Waals surface area contributed by atoms with Crippen LogP contribution in [-0.2, 0) is 0 Å². The van der Waals surface area contributed by atoms with Gasteiger partial charge < -0.3 is 20.1 Å². The number of hydrogen-bond donors (Lipinski definition) is 1. The Morgan fingerprint density at radius 3 is 2.86 bits per heavy atom. The number of hydrogen-bond acceptors (Lipinski definition) is 5. The Bertz CT molecular complexity index is 679. The smallest absolute Gasteiger partial charge is 0.231 e. The zero-order chi connectivity index (χ0) is 14.4. The van der Waals surface area contributed by atoms with Gasteiger partial charge in [0.25, 0.3) is 0 Å². The molecule has 5 heteroatoms. The number of benzene rings is 1. The minimum absolute atomic E-state index is 0.208. The van der Waals surface area contributed by atoms with Crippen LogP contribution in [0.25, 0.3) is 10.8 Å². The Morgan fingerprint density at radius 2 is 2.05 bits per heavy atom. The van der Waals surface area contributed by atoms with Gasteiger partial charge in [0.05, 0.1) is 0 Å². The fourth-order valence-electron chi connectivity index (χ4n) is 3.37. The molecule has 0 bridgehead atoms. The second kappa shape index (κ2) is 4.77. The molecule has 2 atom stereocenters. The lowest BCUT2D eigenvalue weighted by Crippen LogP contribution is -2.46. The number of anilines is 1. The summed E-state index contributed by atoms with van der Waals surface area (Å²) < 4.78 is 10.9. The van der Waals surface area contributed by atoms with Gasteiger partial charge in [0.1, 0.15) is 5.82 Å². The molecule has 1 aromatic carbocycles. The van der Waals surface area contributed by atoms with Crippen molar-refractivity contribution in [3.8, 4) is 11.5 Å². The van der Waals surface area contributed by atoms with Crippen LogP contribution in [0.2, 0.25) is 0 Å². The molecule has 0 aliphatic carbocycles. The van der Waals surface area contributed by atoms with Crippen molar-refractivity contribution in [2.45, 2.75) is 19.4 Å². The summed E-state index contributed by atoms with van der Waals surface area (Å²) in [5.41, 5.74) is 6.17. The predicted octanol–water partition coefficient (Wildman–Crippen LogP) is 2.14. The van der Waals surface area contributed by atoms with E-state index in [4.69, 9.17) is 15.2 Å². The van der Waals surface area contributed by atoms with E-state index in [1.165, 1.54) is 0 Å². The van der Waals surface area contributed by atoms with Crippen LogP contribution in [0.15, 0.2) is 24.4 Å². The van der Waals surface area contributed by atoms with E-state index in [-0.39, 0.29) is 6.04 Å². The summed E-state index contributed by atoms with van der Waals surface area (Å²) in [6.45, 7) is 4.38. The monoisotopic (exact) mass is 285 g/mol. The number of piperidine rings is 1. The highest BCUT2D eigenvalue weighted by Crippen LogP contribution is 2.39. The van der Waals surface area contributed by atoms with Gasteiger partial charge in [-0.05, 0) is 35.9 Å². The third-order valence-corrected chi connectivity index (χ3v) is 4.23. The van der Waals surface area contributed by atoms with Crippen molar-refractivity contribution >= 4 is 16.6 Å². The predicted molar refractivity (Wildman–Crippen MR) is 81.8 cm³/mol. The normalized spacial score (nSPS) is 24.6. The van der Waals surface area contributed by atoms with Crippen molar-refractivity contribution in [1.82, 2.24) is 4.98 Å². The quantitative estimate of drug-likeness (QED) is 0.870. The molecular formula is C16H19N3O2. The standard InChI is InChI=1S/C16H19N3O2/c1-10-4-12(17)8-19(7-10)16-13-6-15-14(20-9-21-15)5-11(13)2-3-18-16/h2-3,5-6,10,12H,4,7-9,17H2,1H3. The largest absolute Gasteiger partial charge is 0.454 e. The summed E-state index contributed by atoms with van der Waals surface area (Å²) >= 11 is 0. The zero-order valence-corrected chi connectivity index (χ0v) is 12.1. The fourth-order valence-corrected chi connectivity index (χ4v) is 3.37. The first-order valence-electron chi connectivity index (χ1n) is 7.39. The summed E-state index contributed by atoms with van der Waals surface area (Å²) in [6.07, 6.45) is 2.93. The van der Waals surface area contributed by atoms with Crippen LogP contribution in [0.5, 0.6) is 11.5 Å². The first kappa shape index (κ1) is 12.7. The lowest BCUT2D eigenvalue weighted by molar-refractivity contribution is 0.174. The van der Waals surface area contributed by atoms with Gasteiger partial charge >= 0.3 is 0 Å². The van der Waals surface area contributed by atoms with Crippen LogP contribution in [0.3, 0.4) is 0 Å². The van der Waals surface area contributed by atoms with Gasteiger partial charge in [-0.3, -0.25) is 0 Å². The number of aromatic nitrogens is 1. The molecular weight excluding hydrogens is 266 g/mol. The van der Waals surface area contributed by atoms with Gasteiger partial charge in [-0.15, -0.1) is 0 Å². The number of pyridine rings is 1. The van der Waals surface area contributed by atoms with E-state index in [2.05, 4.69) is 16.8 Å². The SMILES string of the molecule is CC1CC(N)CN(c2nccc3cc4c(cc23)OCO4)C1. The van der Waals surface area contributed by atoms with Gasteiger partial charge in [0.15, 0.2) is 11.5 Å². The molecule has 110 valence electrons. The highest BCUT2D eigenvalue weighted by molar-refractivity contribution is 5.94. The van der Waals surface area contributed by atoms with Crippen LogP contribution in [0.4, 0.5) is 5.82 Å². The highest BCUT2D eigenvalue weighted by atomic mass is 16.7. The van der Waals surface area contributed by atoms with Crippen molar-refractivity contribution in [3.63, 3.8) is 0 Å². The molecule has 5 nitrogen and oxygen atoms in total. The van der Waals surface area contributed by atoms with Crippen molar-refractivity contribution in [2.24, 2.45) is 11.7 Å². The zero-order valence-electron chi connectivity index (χ0n) is 12.1. The molecule has 0 amide bonds. The average molecular weight is 285 g/mol. The Labute approximate surface area is 123 Å². The summed E-state index contributed by atoms with van der Waals surface area (Å²) in [5, 5.41) is 2.22. The minimum Gasteiger partial charge on any atom is -0.454 e. The minimum atomic E-state index is 0.208. The maximum Gasteiger partial charge on any atom is 0.231 e. The summed E-state index contributed by atoms with van der Waals surface area (Å²) in [5.74, 6) is 3.18. The molecule has 0 radical (unpaired) electrons. The second-order valence-electron chi connectivity index (χ2n) is 6.07. The van der Waals surface area contributed by atoms with Crippen LogP contribution >= 0.6 is 0 Å². The lowest BCUT2D eigenvalue weighted by atomic mass is 9.96. The lowest BCUT2D eigenvalue weighted by Gasteiger charge is -2.36. The molecule has 21 heavy (non-hydrogen) atoms. The first-order chi connectivity index (χ1) is 10.2. The number of ether oxygens (including phenoxy) is 2. The molecule has 1 aromatic heterocycles. The van der Waals surface area contributed by atoms with E-state index < -0.39 is 0 Å². The molecule has 2 unspecified atom stereocenters. The van der Waals surface area contributed by atoms with Crippen molar-refractivity contribution in [3.05, 3.63) is 24.4 Å². The first-order valence-corrected chi connectivity index (χ1v) is 7.39. The summed E-state index contributed by atoms with van der Waals surface area (Å²) in [6, 6.07) is 6.27. The van der Waals surface area contributed by atoms with E-state index in [0.717, 1.165) is 47.6 Å². The van der Waals surface area contributed by atoms with Crippen LogP contribution in [-0.4, -0.2) is 30.9 Å². The van der Waals surface area contributed by atoms with Crippen molar-refractivity contribution in [1.29, 1.82) is 0 Å². The van der Waals surface area contributed by atoms with Crippen LogP contribution in [0.1, 0.15) is 13.3 Å². The topological polar surface area (TPSA) is 60.6 Å². The third-order valence-electron chi connectivity index (χ3n) is 4.23. The third kappa shape index (κ3) is 2.17. The number of rotatable bonds is 1. The van der Waals surface area contributed by atoms with Gasteiger partial charge in [0.2, 0.25) is 6.79 Å². The average Bonchev–Trinajstić information content (AvgIpc) is 2.90. The molecule has 0 spiro atoms. The summed E-state index contributed by atoms with van der Waals surface area (Å²) in [4.78, 5) is 6.89. The van der Waals surface area contributed by atoms with E-state index >= 15 is 0 Å². The molecule has 2 aliphatic rings. The van der Waals surface area contributed by atoms with E-state index in [9.17, 15) is 0 Å². The van der Waals surface area contributed by atoms with E-state index in [0.29, 0.717) is 12.7 Å².